The Hall–Kier alpha value is -3.90. The van der Waals surface area contributed by atoms with Crippen LogP contribution >= 0.6 is 11.6 Å². The highest BCUT2D eigenvalue weighted by molar-refractivity contribution is 6.30. The van der Waals surface area contributed by atoms with Crippen LogP contribution in [-0.4, -0.2) is 27.7 Å². The summed E-state index contributed by atoms with van der Waals surface area (Å²) >= 11 is 5.91. The van der Waals surface area contributed by atoms with Crippen molar-refractivity contribution in [2.45, 2.75) is 25.3 Å². The molecule has 0 spiro atoms. The number of aromatic nitrogens is 2. The first-order valence-electron chi connectivity index (χ1n) is 10.9. The zero-order chi connectivity index (χ0) is 23.8. The number of aromatic amines is 1. The molecule has 4 aromatic rings. The molecule has 4 rings (SSSR count). The van der Waals surface area contributed by atoms with E-state index in [4.69, 9.17) is 16.3 Å². The SMILES string of the molecule is O=C(Cc1cnc[nH]1)N[C@@H](Cc1ccccc1)C(=O)Cc1ccc(Oc2ccc(Cl)cc2)cc1. The Morgan fingerprint density at radius 2 is 1.56 bits per heavy atom. The van der Waals surface area contributed by atoms with Gasteiger partial charge in [-0.2, -0.15) is 0 Å². The number of nitrogens with one attached hydrogen (secondary N) is 2. The molecule has 0 radical (unpaired) electrons. The number of carbonyl (C=O) groups excluding carboxylic acids is 2. The summed E-state index contributed by atoms with van der Waals surface area (Å²) in [5.41, 5.74) is 2.52. The van der Waals surface area contributed by atoms with Crippen molar-refractivity contribution in [3.63, 3.8) is 0 Å². The maximum atomic E-state index is 13.2. The summed E-state index contributed by atoms with van der Waals surface area (Å²) in [5, 5.41) is 3.54. The summed E-state index contributed by atoms with van der Waals surface area (Å²) in [6.45, 7) is 0. The van der Waals surface area contributed by atoms with E-state index >= 15 is 0 Å². The lowest BCUT2D eigenvalue weighted by Crippen LogP contribution is -2.43. The number of carbonyl (C=O) groups is 2. The topological polar surface area (TPSA) is 84.1 Å². The smallest absolute Gasteiger partial charge is 0.226 e. The lowest BCUT2D eigenvalue weighted by atomic mass is 9.97. The Balaban J connectivity index is 1.41. The second-order valence-electron chi connectivity index (χ2n) is 7.91. The molecule has 3 aromatic carbocycles. The molecule has 0 aliphatic rings. The largest absolute Gasteiger partial charge is 0.457 e. The fourth-order valence-electron chi connectivity index (χ4n) is 3.53. The van der Waals surface area contributed by atoms with Crippen LogP contribution in [0.4, 0.5) is 0 Å². The quantitative estimate of drug-likeness (QED) is 0.342. The van der Waals surface area contributed by atoms with Crippen LogP contribution in [-0.2, 0) is 28.9 Å². The summed E-state index contributed by atoms with van der Waals surface area (Å²) in [7, 11) is 0. The van der Waals surface area contributed by atoms with Crippen LogP contribution in [0.15, 0.2) is 91.4 Å². The van der Waals surface area contributed by atoms with Gasteiger partial charge in [-0.25, -0.2) is 4.98 Å². The minimum Gasteiger partial charge on any atom is -0.457 e. The second kappa shape index (κ2) is 11.3. The van der Waals surface area contributed by atoms with Crippen molar-refractivity contribution in [3.8, 4) is 11.5 Å². The fourth-order valence-corrected chi connectivity index (χ4v) is 3.66. The summed E-state index contributed by atoms with van der Waals surface area (Å²) in [5.74, 6) is 1.04. The van der Waals surface area contributed by atoms with E-state index in [1.165, 1.54) is 6.33 Å². The number of nitrogens with zero attached hydrogens (tertiary/aromatic N) is 1. The summed E-state index contributed by atoms with van der Waals surface area (Å²) in [6, 6.07) is 23.5. The van der Waals surface area contributed by atoms with Crippen LogP contribution < -0.4 is 10.1 Å². The molecule has 1 aromatic heterocycles. The molecular formula is C27H24ClN3O3. The third kappa shape index (κ3) is 6.80. The molecule has 7 heteroatoms. The van der Waals surface area contributed by atoms with Gasteiger partial charge in [0.05, 0.1) is 18.8 Å². The molecule has 6 nitrogen and oxygen atoms in total. The number of halogens is 1. The van der Waals surface area contributed by atoms with Crippen molar-refractivity contribution >= 4 is 23.3 Å². The fraction of sp³-hybridized carbons (Fsp3) is 0.148. The molecule has 1 heterocycles. The molecule has 0 bridgehead atoms. The number of ether oxygens (including phenoxy) is 1. The van der Waals surface area contributed by atoms with Crippen molar-refractivity contribution in [3.05, 3.63) is 113 Å². The lowest BCUT2D eigenvalue weighted by Gasteiger charge is -2.18. The van der Waals surface area contributed by atoms with Gasteiger partial charge in [-0.05, 0) is 53.9 Å². The first-order chi connectivity index (χ1) is 16.5. The number of ketones is 1. The van der Waals surface area contributed by atoms with Gasteiger partial charge in [-0.15, -0.1) is 0 Å². The highest BCUT2D eigenvalue weighted by Crippen LogP contribution is 2.23. The Kier molecular flexibility index (Phi) is 7.73. The highest BCUT2D eigenvalue weighted by Gasteiger charge is 2.22. The summed E-state index contributed by atoms with van der Waals surface area (Å²) in [4.78, 5) is 32.6. The predicted octanol–water partition coefficient (Wildman–Crippen LogP) is 4.94. The number of benzene rings is 3. The molecule has 0 unspecified atom stereocenters. The normalized spacial score (nSPS) is 11.6. The van der Waals surface area contributed by atoms with Crippen LogP contribution in [0, 0.1) is 0 Å². The van der Waals surface area contributed by atoms with Crippen molar-refractivity contribution in [1.29, 1.82) is 0 Å². The Morgan fingerprint density at radius 1 is 0.882 bits per heavy atom. The molecule has 0 saturated heterocycles. The van der Waals surface area contributed by atoms with E-state index in [2.05, 4.69) is 15.3 Å². The predicted molar refractivity (Wildman–Crippen MR) is 131 cm³/mol. The molecule has 0 saturated carbocycles. The molecule has 1 amide bonds. The monoisotopic (exact) mass is 473 g/mol. The maximum absolute atomic E-state index is 13.2. The third-order valence-electron chi connectivity index (χ3n) is 5.26. The van der Waals surface area contributed by atoms with E-state index < -0.39 is 6.04 Å². The molecular weight excluding hydrogens is 450 g/mol. The standard InChI is InChI=1S/C27H24ClN3O3/c28-21-8-12-24(13-9-21)34-23-10-6-20(7-11-23)15-26(32)25(14-19-4-2-1-3-5-19)31-27(33)16-22-17-29-18-30-22/h1-13,17-18,25H,14-16H2,(H,29,30)(H,31,33)/t25-/m0/s1. The van der Waals surface area contributed by atoms with E-state index in [0.717, 1.165) is 11.1 Å². The van der Waals surface area contributed by atoms with Crippen LogP contribution in [0.3, 0.4) is 0 Å². The Morgan fingerprint density at radius 3 is 2.21 bits per heavy atom. The minimum atomic E-state index is -0.636. The first-order valence-corrected chi connectivity index (χ1v) is 11.3. The van der Waals surface area contributed by atoms with Crippen LogP contribution in [0.25, 0.3) is 0 Å². The van der Waals surface area contributed by atoms with Gasteiger partial charge < -0.3 is 15.0 Å². The van der Waals surface area contributed by atoms with E-state index in [9.17, 15) is 9.59 Å². The lowest BCUT2D eigenvalue weighted by molar-refractivity contribution is -0.127. The van der Waals surface area contributed by atoms with Gasteiger partial charge in [-0.3, -0.25) is 9.59 Å². The van der Waals surface area contributed by atoms with Crippen LogP contribution in [0.1, 0.15) is 16.8 Å². The number of hydrogen-bond acceptors (Lipinski definition) is 4. The molecule has 0 fully saturated rings. The van der Waals surface area contributed by atoms with Crippen LogP contribution in [0.2, 0.25) is 5.02 Å². The van der Waals surface area contributed by atoms with E-state index in [0.29, 0.717) is 28.6 Å². The van der Waals surface area contributed by atoms with Gasteiger partial charge in [0, 0.05) is 23.3 Å². The molecule has 172 valence electrons. The number of amides is 1. The average molecular weight is 474 g/mol. The van der Waals surface area contributed by atoms with E-state index in [-0.39, 0.29) is 24.5 Å². The summed E-state index contributed by atoms with van der Waals surface area (Å²) in [6.07, 6.45) is 3.88. The Bertz CT molecular complexity index is 1210. The maximum Gasteiger partial charge on any atom is 0.226 e. The third-order valence-corrected chi connectivity index (χ3v) is 5.52. The van der Waals surface area contributed by atoms with Gasteiger partial charge in [-0.1, -0.05) is 54.1 Å². The number of Topliss-reactive ketones (excluding diaryl/α,β-unsaturated/α-hetero) is 1. The summed E-state index contributed by atoms with van der Waals surface area (Å²) < 4.78 is 5.81. The Labute approximate surface area is 203 Å². The van der Waals surface area contributed by atoms with Crippen molar-refractivity contribution in [2.24, 2.45) is 0 Å². The van der Waals surface area contributed by atoms with Gasteiger partial charge in [0.2, 0.25) is 5.91 Å². The van der Waals surface area contributed by atoms with Gasteiger partial charge in [0.15, 0.2) is 5.78 Å². The van der Waals surface area contributed by atoms with Crippen molar-refractivity contribution in [1.82, 2.24) is 15.3 Å². The first kappa shape index (κ1) is 23.3. The number of hydrogen-bond donors (Lipinski definition) is 2. The van der Waals surface area contributed by atoms with E-state index in [1.807, 2.05) is 54.6 Å². The molecule has 1 atom stereocenters. The van der Waals surface area contributed by atoms with Crippen molar-refractivity contribution in [2.75, 3.05) is 0 Å². The zero-order valence-electron chi connectivity index (χ0n) is 18.4. The molecule has 2 N–H and O–H groups in total. The number of H-pyrrole nitrogens is 1. The van der Waals surface area contributed by atoms with Crippen LogP contribution in [0.5, 0.6) is 11.5 Å². The van der Waals surface area contributed by atoms with Gasteiger partial charge >= 0.3 is 0 Å². The zero-order valence-corrected chi connectivity index (χ0v) is 19.2. The number of imidazole rings is 1. The second-order valence-corrected chi connectivity index (χ2v) is 8.34. The van der Waals surface area contributed by atoms with Crippen molar-refractivity contribution < 1.29 is 14.3 Å². The average Bonchev–Trinajstić information content (AvgIpc) is 3.35. The molecule has 0 aliphatic carbocycles. The highest BCUT2D eigenvalue weighted by atomic mass is 35.5. The minimum absolute atomic E-state index is 0.0619. The van der Waals surface area contributed by atoms with Gasteiger partial charge in [0.25, 0.3) is 0 Å². The molecule has 0 aliphatic heterocycles. The van der Waals surface area contributed by atoms with Gasteiger partial charge in [0.1, 0.15) is 11.5 Å². The number of rotatable bonds is 10. The van der Waals surface area contributed by atoms with E-state index in [1.54, 1.807) is 30.5 Å². The molecule has 34 heavy (non-hydrogen) atoms.